The van der Waals surface area contributed by atoms with Gasteiger partial charge in [0.2, 0.25) is 5.91 Å². The van der Waals surface area contributed by atoms with Gasteiger partial charge in [-0.3, -0.25) is 4.79 Å². The lowest BCUT2D eigenvalue weighted by Crippen LogP contribution is -2.35. The van der Waals surface area contributed by atoms with Gasteiger partial charge in [-0.05, 0) is 29.3 Å². The third kappa shape index (κ3) is 4.52. The summed E-state index contributed by atoms with van der Waals surface area (Å²) in [6.45, 7) is 1.91. The minimum atomic E-state index is -4.36. The number of carbonyl (C=O) groups is 1. The van der Waals surface area contributed by atoms with E-state index in [1.807, 2.05) is 24.3 Å². The lowest BCUT2D eigenvalue weighted by Gasteiger charge is -2.22. The number of halogens is 4. The number of anilines is 1. The van der Waals surface area contributed by atoms with E-state index in [9.17, 15) is 18.0 Å². The first-order valence-electron chi connectivity index (χ1n) is 7.70. The van der Waals surface area contributed by atoms with Gasteiger partial charge in [0, 0.05) is 25.3 Å². The molecule has 0 aromatic heterocycles. The highest BCUT2D eigenvalue weighted by Gasteiger charge is 2.30. The fraction of sp³-hybridized carbons (Fsp3) is 0.278. The largest absolute Gasteiger partial charge is 0.416 e. The van der Waals surface area contributed by atoms with Gasteiger partial charge in [-0.25, -0.2) is 0 Å². The molecule has 7 heteroatoms. The summed E-state index contributed by atoms with van der Waals surface area (Å²) in [7, 11) is 0. The van der Waals surface area contributed by atoms with Crippen LogP contribution >= 0.6 is 12.4 Å². The van der Waals surface area contributed by atoms with E-state index in [1.165, 1.54) is 12.1 Å². The first-order valence-corrected chi connectivity index (χ1v) is 7.70. The second-order valence-electron chi connectivity index (χ2n) is 5.72. The van der Waals surface area contributed by atoms with Crippen LogP contribution in [0.2, 0.25) is 0 Å². The van der Waals surface area contributed by atoms with E-state index < -0.39 is 11.7 Å². The molecule has 3 rings (SSSR count). The quantitative estimate of drug-likeness (QED) is 0.872. The van der Waals surface area contributed by atoms with Gasteiger partial charge in [-0.1, -0.05) is 30.3 Å². The molecule has 0 aliphatic carbocycles. The van der Waals surface area contributed by atoms with Crippen LogP contribution in [0.25, 0.3) is 0 Å². The van der Waals surface area contributed by atoms with Crippen LogP contribution in [-0.2, 0) is 23.9 Å². The summed E-state index contributed by atoms with van der Waals surface area (Å²) >= 11 is 0. The molecule has 2 aromatic rings. The second-order valence-corrected chi connectivity index (χ2v) is 5.72. The molecule has 2 aromatic carbocycles. The molecule has 1 amide bonds. The molecule has 1 aliphatic rings. The zero-order chi connectivity index (χ0) is 17.2. The number of rotatable bonds is 2. The van der Waals surface area contributed by atoms with Gasteiger partial charge < -0.3 is 10.2 Å². The number of fused-ring (bicyclic) bond motifs is 1. The Morgan fingerprint density at radius 3 is 2.44 bits per heavy atom. The van der Waals surface area contributed by atoms with E-state index in [4.69, 9.17) is 0 Å². The molecule has 1 N–H and O–H groups in total. The van der Waals surface area contributed by atoms with E-state index in [0.717, 1.165) is 23.4 Å². The first-order chi connectivity index (χ1) is 11.4. The highest BCUT2D eigenvalue weighted by Crippen LogP contribution is 2.29. The fourth-order valence-electron chi connectivity index (χ4n) is 2.80. The van der Waals surface area contributed by atoms with E-state index in [2.05, 4.69) is 5.32 Å². The number of para-hydroxylation sites is 1. The van der Waals surface area contributed by atoms with Crippen molar-refractivity contribution in [3.63, 3.8) is 0 Å². The van der Waals surface area contributed by atoms with Gasteiger partial charge in [0.05, 0.1) is 12.0 Å². The summed E-state index contributed by atoms with van der Waals surface area (Å²) in [5.74, 6) is -0.120. The summed E-state index contributed by atoms with van der Waals surface area (Å²) < 4.78 is 37.8. The Hall–Kier alpha value is -2.05. The van der Waals surface area contributed by atoms with Crippen molar-refractivity contribution >= 4 is 24.0 Å². The zero-order valence-corrected chi connectivity index (χ0v) is 14.2. The number of hydrogen-bond donors (Lipinski definition) is 1. The van der Waals surface area contributed by atoms with Crippen molar-refractivity contribution in [1.82, 2.24) is 5.32 Å². The number of amides is 1. The monoisotopic (exact) mass is 370 g/mol. The minimum Gasteiger partial charge on any atom is -0.311 e. The van der Waals surface area contributed by atoms with Crippen LogP contribution < -0.4 is 10.2 Å². The van der Waals surface area contributed by atoms with Crippen molar-refractivity contribution in [3.05, 3.63) is 65.2 Å². The van der Waals surface area contributed by atoms with Crippen LogP contribution in [0, 0.1) is 0 Å². The number of nitrogens with zero attached hydrogens (tertiary/aromatic N) is 1. The number of hydrogen-bond acceptors (Lipinski definition) is 2. The third-order valence-corrected chi connectivity index (χ3v) is 4.05. The van der Waals surface area contributed by atoms with Crippen molar-refractivity contribution in [1.29, 1.82) is 0 Å². The fourth-order valence-corrected chi connectivity index (χ4v) is 2.80. The van der Waals surface area contributed by atoms with E-state index >= 15 is 0 Å². The van der Waals surface area contributed by atoms with Gasteiger partial charge in [-0.2, -0.15) is 13.2 Å². The Kier molecular flexibility index (Phi) is 6.08. The van der Waals surface area contributed by atoms with Crippen LogP contribution in [0.1, 0.15) is 16.7 Å². The Morgan fingerprint density at radius 1 is 1.08 bits per heavy atom. The maximum absolute atomic E-state index is 12.6. The summed E-state index contributed by atoms with van der Waals surface area (Å²) in [5, 5.41) is 3.26. The van der Waals surface area contributed by atoms with Gasteiger partial charge in [0.15, 0.2) is 0 Å². The predicted octanol–water partition coefficient (Wildman–Crippen LogP) is 3.81. The molecule has 1 heterocycles. The molecular weight excluding hydrogens is 353 g/mol. The van der Waals surface area contributed by atoms with Crippen LogP contribution in [0.3, 0.4) is 0 Å². The molecule has 134 valence electrons. The van der Waals surface area contributed by atoms with E-state index in [1.54, 1.807) is 4.90 Å². The first kappa shape index (κ1) is 19.3. The van der Waals surface area contributed by atoms with Crippen molar-refractivity contribution in [2.45, 2.75) is 19.1 Å². The van der Waals surface area contributed by atoms with Gasteiger partial charge in [0.1, 0.15) is 0 Å². The maximum Gasteiger partial charge on any atom is 0.416 e. The molecule has 0 spiro atoms. The maximum atomic E-state index is 12.6. The molecular formula is C18H18ClF3N2O. The highest BCUT2D eigenvalue weighted by molar-refractivity contribution is 5.95. The standard InChI is InChI=1S/C18H17F3N2O.ClH/c19-18(20,21)15-7-5-13(6-8-15)11-17(24)23-10-9-22-12-14-3-1-2-4-16(14)23;/h1-8,22H,9-12H2;1H. The SMILES string of the molecule is Cl.O=C(Cc1ccc(C(F)(F)F)cc1)N1CCNCc2ccccc21. The number of carbonyl (C=O) groups excluding carboxylic acids is 1. The lowest BCUT2D eigenvalue weighted by molar-refractivity contribution is -0.137. The normalized spacial score (nSPS) is 14.3. The van der Waals surface area contributed by atoms with Crippen molar-refractivity contribution in [2.75, 3.05) is 18.0 Å². The smallest absolute Gasteiger partial charge is 0.311 e. The average Bonchev–Trinajstić information content (AvgIpc) is 2.77. The molecule has 3 nitrogen and oxygen atoms in total. The molecule has 1 aliphatic heterocycles. The Morgan fingerprint density at radius 2 is 1.76 bits per heavy atom. The molecule has 25 heavy (non-hydrogen) atoms. The van der Waals surface area contributed by atoms with E-state index in [-0.39, 0.29) is 24.7 Å². The molecule has 0 saturated carbocycles. The second kappa shape index (κ2) is 7.89. The van der Waals surface area contributed by atoms with Gasteiger partial charge in [0.25, 0.3) is 0 Å². The van der Waals surface area contributed by atoms with Crippen LogP contribution in [0.5, 0.6) is 0 Å². The third-order valence-electron chi connectivity index (χ3n) is 4.05. The van der Waals surface area contributed by atoms with E-state index in [0.29, 0.717) is 25.2 Å². The predicted molar refractivity (Wildman–Crippen MR) is 92.9 cm³/mol. The number of benzene rings is 2. The Labute approximate surface area is 150 Å². The van der Waals surface area contributed by atoms with Crippen molar-refractivity contribution < 1.29 is 18.0 Å². The van der Waals surface area contributed by atoms with Crippen LogP contribution in [-0.4, -0.2) is 19.0 Å². The topological polar surface area (TPSA) is 32.3 Å². The van der Waals surface area contributed by atoms with Gasteiger partial charge in [-0.15, -0.1) is 12.4 Å². The molecule has 0 radical (unpaired) electrons. The highest BCUT2D eigenvalue weighted by atomic mass is 35.5. The summed E-state index contributed by atoms with van der Waals surface area (Å²) in [5.41, 5.74) is 1.76. The number of alkyl halides is 3. The lowest BCUT2D eigenvalue weighted by atomic mass is 10.1. The van der Waals surface area contributed by atoms with Gasteiger partial charge >= 0.3 is 6.18 Å². The molecule has 0 atom stereocenters. The molecule has 0 unspecified atom stereocenters. The average molecular weight is 371 g/mol. The van der Waals surface area contributed by atoms with Crippen LogP contribution in [0.15, 0.2) is 48.5 Å². The summed E-state index contributed by atoms with van der Waals surface area (Å²) in [6.07, 6.45) is -4.29. The molecule has 0 fully saturated rings. The number of nitrogens with one attached hydrogen (secondary N) is 1. The van der Waals surface area contributed by atoms with Crippen LogP contribution in [0.4, 0.5) is 18.9 Å². The van der Waals surface area contributed by atoms with Crippen molar-refractivity contribution in [2.24, 2.45) is 0 Å². The minimum absolute atomic E-state index is 0. The zero-order valence-electron chi connectivity index (χ0n) is 13.3. The Balaban J connectivity index is 0.00000225. The summed E-state index contributed by atoms with van der Waals surface area (Å²) in [4.78, 5) is 14.3. The molecule has 0 saturated heterocycles. The molecule has 0 bridgehead atoms. The summed E-state index contributed by atoms with van der Waals surface area (Å²) in [6, 6.07) is 12.4. The van der Waals surface area contributed by atoms with Crippen molar-refractivity contribution in [3.8, 4) is 0 Å². The Bertz CT molecular complexity index is 732.